The van der Waals surface area contributed by atoms with Gasteiger partial charge in [-0.15, -0.1) is 0 Å². The van der Waals surface area contributed by atoms with Gasteiger partial charge >= 0.3 is 0 Å². The van der Waals surface area contributed by atoms with Crippen molar-refractivity contribution in [2.75, 3.05) is 20.8 Å². The molecule has 4 heteroatoms. The summed E-state index contributed by atoms with van der Waals surface area (Å²) in [5, 5.41) is 0.622. The molecule has 3 nitrogen and oxygen atoms in total. The minimum absolute atomic E-state index is 0.226. The van der Waals surface area contributed by atoms with Crippen LogP contribution < -0.4 is 15.2 Å². The Morgan fingerprint density at radius 2 is 1.90 bits per heavy atom. The summed E-state index contributed by atoms with van der Waals surface area (Å²) in [6, 6.07) is 13.9. The van der Waals surface area contributed by atoms with Gasteiger partial charge in [-0.1, -0.05) is 29.8 Å². The largest absolute Gasteiger partial charge is 0.497 e. The first kappa shape index (κ1) is 15.7. The van der Waals surface area contributed by atoms with Gasteiger partial charge in [-0.05, 0) is 48.4 Å². The summed E-state index contributed by atoms with van der Waals surface area (Å²) in [7, 11) is 3.28. The van der Waals surface area contributed by atoms with Gasteiger partial charge in [-0.25, -0.2) is 0 Å². The second-order valence-electron chi connectivity index (χ2n) is 4.88. The zero-order chi connectivity index (χ0) is 15.2. The highest BCUT2D eigenvalue weighted by atomic mass is 35.5. The van der Waals surface area contributed by atoms with E-state index in [4.69, 9.17) is 26.8 Å². The van der Waals surface area contributed by atoms with Gasteiger partial charge in [0.15, 0.2) is 0 Å². The first-order valence-electron chi connectivity index (χ1n) is 6.84. The molecule has 0 aliphatic rings. The van der Waals surface area contributed by atoms with Crippen LogP contribution >= 0.6 is 11.6 Å². The fourth-order valence-corrected chi connectivity index (χ4v) is 2.63. The molecule has 21 heavy (non-hydrogen) atoms. The Bertz CT molecular complexity index is 601. The number of rotatable bonds is 6. The van der Waals surface area contributed by atoms with Crippen LogP contribution in [0.3, 0.4) is 0 Å². The molecule has 112 valence electrons. The summed E-state index contributed by atoms with van der Waals surface area (Å²) >= 11 is 6.17. The molecule has 1 unspecified atom stereocenters. The molecule has 2 aromatic carbocycles. The van der Waals surface area contributed by atoms with E-state index in [2.05, 4.69) is 6.07 Å². The van der Waals surface area contributed by atoms with Crippen LogP contribution in [0.4, 0.5) is 0 Å². The number of ether oxygens (including phenoxy) is 2. The van der Waals surface area contributed by atoms with Gasteiger partial charge < -0.3 is 15.2 Å². The monoisotopic (exact) mass is 305 g/mol. The van der Waals surface area contributed by atoms with Crippen LogP contribution in [0.5, 0.6) is 11.5 Å². The zero-order valence-electron chi connectivity index (χ0n) is 12.3. The SMILES string of the molecule is COc1cccc(C(CN)Cc2ccc(OC)c(Cl)c2)c1. The van der Waals surface area contributed by atoms with Crippen LogP contribution in [0.1, 0.15) is 17.0 Å². The molecule has 2 rings (SSSR count). The number of halogens is 1. The Morgan fingerprint density at radius 3 is 2.52 bits per heavy atom. The standard InChI is InChI=1S/C17H20ClNO2/c1-20-15-5-3-4-13(10-15)14(11-19)8-12-6-7-17(21-2)16(18)9-12/h3-7,9-10,14H,8,11,19H2,1-2H3. The third-order valence-electron chi connectivity index (χ3n) is 3.55. The Balaban J connectivity index is 2.20. The average Bonchev–Trinajstić information content (AvgIpc) is 2.52. The maximum Gasteiger partial charge on any atom is 0.137 e. The molecule has 0 saturated carbocycles. The summed E-state index contributed by atoms with van der Waals surface area (Å²) in [5.74, 6) is 1.76. The van der Waals surface area contributed by atoms with Crippen molar-refractivity contribution >= 4 is 11.6 Å². The normalized spacial score (nSPS) is 12.0. The highest BCUT2D eigenvalue weighted by Crippen LogP contribution is 2.28. The van der Waals surface area contributed by atoms with Gasteiger partial charge in [0.25, 0.3) is 0 Å². The van der Waals surface area contributed by atoms with Gasteiger partial charge in [0.2, 0.25) is 0 Å². The van der Waals surface area contributed by atoms with E-state index in [1.807, 2.05) is 36.4 Å². The lowest BCUT2D eigenvalue weighted by atomic mass is 9.92. The maximum absolute atomic E-state index is 6.17. The lowest BCUT2D eigenvalue weighted by Gasteiger charge is -2.17. The van der Waals surface area contributed by atoms with Gasteiger partial charge in [0.05, 0.1) is 19.2 Å². The highest BCUT2D eigenvalue weighted by Gasteiger charge is 2.13. The van der Waals surface area contributed by atoms with Crippen LogP contribution in [0, 0.1) is 0 Å². The van der Waals surface area contributed by atoms with E-state index >= 15 is 0 Å². The molecule has 1 atom stereocenters. The summed E-state index contributed by atoms with van der Waals surface area (Å²) < 4.78 is 10.4. The molecule has 2 aromatic rings. The second kappa shape index (κ2) is 7.34. The number of hydrogen-bond donors (Lipinski definition) is 1. The van der Waals surface area contributed by atoms with Gasteiger partial charge in [-0.2, -0.15) is 0 Å². The smallest absolute Gasteiger partial charge is 0.137 e. The third-order valence-corrected chi connectivity index (χ3v) is 3.84. The fraction of sp³-hybridized carbons (Fsp3) is 0.294. The molecule has 0 spiro atoms. The van der Waals surface area contributed by atoms with E-state index in [1.54, 1.807) is 14.2 Å². The topological polar surface area (TPSA) is 44.5 Å². The van der Waals surface area contributed by atoms with Gasteiger partial charge in [-0.3, -0.25) is 0 Å². The van der Waals surface area contributed by atoms with Gasteiger partial charge in [0.1, 0.15) is 11.5 Å². The van der Waals surface area contributed by atoms with Crippen molar-refractivity contribution in [3.05, 3.63) is 58.6 Å². The van der Waals surface area contributed by atoms with Crippen LogP contribution in [0.2, 0.25) is 5.02 Å². The van der Waals surface area contributed by atoms with E-state index in [1.165, 1.54) is 5.56 Å². The van der Waals surface area contributed by atoms with Crippen molar-refractivity contribution in [3.8, 4) is 11.5 Å². The molecule has 0 bridgehead atoms. The Kier molecular flexibility index (Phi) is 5.48. The van der Waals surface area contributed by atoms with E-state index in [9.17, 15) is 0 Å². The number of nitrogens with two attached hydrogens (primary N) is 1. The predicted molar refractivity (Wildman–Crippen MR) is 86.5 cm³/mol. The van der Waals surface area contributed by atoms with Crippen molar-refractivity contribution in [1.29, 1.82) is 0 Å². The minimum Gasteiger partial charge on any atom is -0.497 e. The van der Waals surface area contributed by atoms with Crippen molar-refractivity contribution in [2.45, 2.75) is 12.3 Å². The van der Waals surface area contributed by atoms with Crippen LogP contribution in [0.25, 0.3) is 0 Å². The average molecular weight is 306 g/mol. The molecule has 0 saturated heterocycles. The third kappa shape index (κ3) is 3.90. The van der Waals surface area contributed by atoms with E-state index < -0.39 is 0 Å². The summed E-state index contributed by atoms with van der Waals surface area (Å²) in [5.41, 5.74) is 8.25. The Labute approximate surface area is 130 Å². The Morgan fingerprint density at radius 1 is 1.10 bits per heavy atom. The van der Waals surface area contributed by atoms with Crippen LogP contribution in [0.15, 0.2) is 42.5 Å². The summed E-state index contributed by atoms with van der Waals surface area (Å²) in [6.45, 7) is 0.566. The first-order chi connectivity index (χ1) is 10.2. The molecule has 0 radical (unpaired) electrons. The molecular formula is C17H20ClNO2. The molecule has 0 aromatic heterocycles. The van der Waals surface area contributed by atoms with Crippen molar-refractivity contribution in [2.24, 2.45) is 5.73 Å². The van der Waals surface area contributed by atoms with Crippen molar-refractivity contribution in [3.63, 3.8) is 0 Å². The predicted octanol–water partition coefficient (Wildman–Crippen LogP) is 3.64. The summed E-state index contributed by atoms with van der Waals surface area (Å²) in [6.07, 6.45) is 0.827. The van der Waals surface area contributed by atoms with Crippen molar-refractivity contribution in [1.82, 2.24) is 0 Å². The maximum atomic E-state index is 6.17. The lowest BCUT2D eigenvalue weighted by molar-refractivity contribution is 0.413. The molecule has 0 fully saturated rings. The molecular weight excluding hydrogens is 286 g/mol. The minimum atomic E-state index is 0.226. The molecule has 0 amide bonds. The van der Waals surface area contributed by atoms with E-state index in [0.29, 0.717) is 17.3 Å². The molecule has 0 heterocycles. The summed E-state index contributed by atoms with van der Waals surface area (Å²) in [4.78, 5) is 0. The highest BCUT2D eigenvalue weighted by molar-refractivity contribution is 6.32. The van der Waals surface area contributed by atoms with Crippen molar-refractivity contribution < 1.29 is 9.47 Å². The van der Waals surface area contributed by atoms with Crippen LogP contribution in [-0.4, -0.2) is 20.8 Å². The Hall–Kier alpha value is -1.71. The second-order valence-corrected chi connectivity index (χ2v) is 5.29. The molecule has 0 aliphatic carbocycles. The quantitative estimate of drug-likeness (QED) is 0.886. The molecule has 0 aliphatic heterocycles. The first-order valence-corrected chi connectivity index (χ1v) is 7.22. The number of methoxy groups -OCH3 is 2. The lowest BCUT2D eigenvalue weighted by Crippen LogP contribution is -2.15. The fourth-order valence-electron chi connectivity index (χ4n) is 2.35. The zero-order valence-corrected chi connectivity index (χ0v) is 13.1. The van der Waals surface area contributed by atoms with Crippen LogP contribution in [-0.2, 0) is 6.42 Å². The van der Waals surface area contributed by atoms with E-state index in [-0.39, 0.29) is 5.92 Å². The molecule has 2 N–H and O–H groups in total. The number of benzene rings is 2. The number of hydrogen-bond acceptors (Lipinski definition) is 3. The van der Waals surface area contributed by atoms with E-state index in [0.717, 1.165) is 17.7 Å². The van der Waals surface area contributed by atoms with Gasteiger partial charge in [0, 0.05) is 5.92 Å².